The summed E-state index contributed by atoms with van der Waals surface area (Å²) in [6.07, 6.45) is 6.94. The van der Waals surface area contributed by atoms with Gasteiger partial charge in [0.15, 0.2) is 23.1 Å². The number of aromatic nitrogens is 6. The second-order valence-electron chi connectivity index (χ2n) is 8.65. The van der Waals surface area contributed by atoms with Crippen LogP contribution in [0.2, 0.25) is 0 Å². The third-order valence-electron chi connectivity index (χ3n) is 6.00. The first-order valence-electron chi connectivity index (χ1n) is 10.7. The van der Waals surface area contributed by atoms with Crippen molar-refractivity contribution in [3.63, 3.8) is 0 Å². The fourth-order valence-corrected chi connectivity index (χ4v) is 3.95. The quantitative estimate of drug-likeness (QED) is 0.442. The lowest BCUT2D eigenvalue weighted by Gasteiger charge is -2.33. The molecule has 4 aromatic rings. The molecule has 12 heteroatoms. The molecule has 176 valence electrons. The van der Waals surface area contributed by atoms with Crippen molar-refractivity contribution in [2.24, 2.45) is 0 Å². The van der Waals surface area contributed by atoms with Crippen molar-refractivity contribution in [1.82, 2.24) is 29.4 Å². The maximum atomic E-state index is 14.8. The minimum atomic E-state index is -1.70. The van der Waals surface area contributed by atoms with Gasteiger partial charge in [-0.2, -0.15) is 0 Å². The van der Waals surface area contributed by atoms with E-state index in [1.54, 1.807) is 23.1 Å². The fraction of sp³-hybridized carbons (Fsp3) is 0.364. The van der Waals surface area contributed by atoms with Gasteiger partial charge in [0.1, 0.15) is 24.1 Å². The van der Waals surface area contributed by atoms with E-state index in [2.05, 4.69) is 20.3 Å². The number of halogens is 3. The molecule has 2 fully saturated rings. The topological polar surface area (TPSA) is 99.6 Å². The predicted octanol–water partition coefficient (Wildman–Crippen LogP) is 2.66. The maximum Gasteiger partial charge on any atom is 0.190 e. The van der Waals surface area contributed by atoms with E-state index in [0.717, 1.165) is 35.4 Å². The Kier molecular flexibility index (Phi) is 4.81. The van der Waals surface area contributed by atoms with Crippen LogP contribution in [-0.2, 0) is 4.74 Å². The number of ether oxygens (including phenoxy) is 2. The van der Waals surface area contributed by atoms with Crippen LogP contribution in [0.3, 0.4) is 0 Å². The van der Waals surface area contributed by atoms with Crippen molar-refractivity contribution >= 4 is 5.52 Å². The second kappa shape index (κ2) is 7.77. The van der Waals surface area contributed by atoms with Gasteiger partial charge >= 0.3 is 0 Å². The van der Waals surface area contributed by atoms with Crippen LogP contribution < -0.4 is 4.74 Å². The fourth-order valence-electron chi connectivity index (χ4n) is 3.95. The molecule has 4 heterocycles. The number of hydrogen-bond donors (Lipinski definition) is 1. The van der Waals surface area contributed by atoms with Crippen molar-refractivity contribution in [2.75, 3.05) is 19.8 Å². The first-order chi connectivity index (χ1) is 16.4. The van der Waals surface area contributed by atoms with E-state index in [9.17, 15) is 18.3 Å². The Hall–Kier alpha value is -3.51. The molecule has 1 aliphatic carbocycles. The number of nitrogens with zero attached hydrogens (tertiary/aromatic N) is 6. The monoisotopic (exact) mass is 472 g/mol. The molecular weight excluding hydrogens is 453 g/mol. The maximum absolute atomic E-state index is 14.8. The molecule has 9 nitrogen and oxygen atoms in total. The van der Waals surface area contributed by atoms with Gasteiger partial charge in [0.05, 0.1) is 55.0 Å². The van der Waals surface area contributed by atoms with Gasteiger partial charge in [0.25, 0.3) is 0 Å². The smallest absolute Gasteiger partial charge is 0.190 e. The number of hydrogen-bond acceptors (Lipinski definition) is 7. The Bertz CT molecular complexity index is 1380. The van der Waals surface area contributed by atoms with Gasteiger partial charge in [-0.05, 0) is 12.8 Å². The standard InChI is InChI=1S/C22H19F3N6O3/c23-14-4-18(34-10-22(25)8-33-9-22)15(24)3-17(14)31-7-16(28-29-31)21(32)20-19(12-1-2-12)27-6-13-5-26-11-30(13)20/h3-7,11-12,21,32H,1-2,8-10H2. The summed E-state index contributed by atoms with van der Waals surface area (Å²) in [6, 6.07) is 1.71. The number of alkyl halides is 1. The molecule has 1 saturated heterocycles. The third-order valence-corrected chi connectivity index (χ3v) is 6.00. The van der Waals surface area contributed by atoms with E-state index in [0.29, 0.717) is 11.2 Å². The Morgan fingerprint density at radius 3 is 2.76 bits per heavy atom. The number of benzene rings is 1. The first kappa shape index (κ1) is 21.1. The zero-order chi connectivity index (χ0) is 23.4. The Morgan fingerprint density at radius 2 is 2.03 bits per heavy atom. The Morgan fingerprint density at radius 1 is 1.21 bits per heavy atom. The molecule has 1 atom stereocenters. The Labute approximate surface area is 190 Å². The summed E-state index contributed by atoms with van der Waals surface area (Å²) in [4.78, 5) is 8.62. The highest BCUT2D eigenvalue weighted by Gasteiger charge is 2.40. The summed E-state index contributed by atoms with van der Waals surface area (Å²) >= 11 is 0. The van der Waals surface area contributed by atoms with E-state index in [4.69, 9.17) is 9.47 Å². The lowest BCUT2D eigenvalue weighted by molar-refractivity contribution is -0.146. The van der Waals surface area contributed by atoms with Gasteiger partial charge in [-0.15, -0.1) is 5.10 Å². The van der Waals surface area contributed by atoms with Crippen LogP contribution in [0.1, 0.15) is 41.9 Å². The summed E-state index contributed by atoms with van der Waals surface area (Å²) in [5.74, 6) is -1.92. The number of imidazole rings is 1. The molecule has 1 aliphatic heterocycles. The number of rotatable bonds is 7. The molecule has 1 saturated carbocycles. The van der Waals surface area contributed by atoms with Crippen LogP contribution in [0.25, 0.3) is 11.2 Å². The van der Waals surface area contributed by atoms with Gasteiger partial charge in [-0.1, -0.05) is 5.21 Å². The van der Waals surface area contributed by atoms with E-state index in [1.807, 2.05) is 0 Å². The lowest BCUT2D eigenvalue weighted by Crippen LogP contribution is -2.50. The van der Waals surface area contributed by atoms with Crippen molar-refractivity contribution < 1.29 is 27.8 Å². The number of aliphatic hydroxyl groups excluding tert-OH is 1. The predicted molar refractivity (Wildman–Crippen MR) is 110 cm³/mol. The van der Waals surface area contributed by atoms with E-state index >= 15 is 0 Å². The van der Waals surface area contributed by atoms with Crippen LogP contribution >= 0.6 is 0 Å². The van der Waals surface area contributed by atoms with E-state index in [1.165, 1.54) is 6.20 Å². The summed E-state index contributed by atoms with van der Waals surface area (Å²) in [5, 5.41) is 19.0. The molecule has 1 N–H and O–H groups in total. The van der Waals surface area contributed by atoms with Crippen LogP contribution in [0.15, 0.2) is 37.1 Å². The highest BCUT2D eigenvalue weighted by Crippen LogP contribution is 2.42. The van der Waals surface area contributed by atoms with Crippen molar-refractivity contribution in [3.05, 3.63) is 65.8 Å². The van der Waals surface area contributed by atoms with Crippen molar-refractivity contribution in [2.45, 2.75) is 30.5 Å². The largest absolute Gasteiger partial charge is 0.487 e. The molecule has 0 radical (unpaired) electrons. The SMILES string of the molecule is OC(c1cn(-c2cc(F)c(OCC3(F)COC3)cc2F)nn1)c1c(C2CC2)ncc2cncn12. The minimum Gasteiger partial charge on any atom is -0.487 e. The average Bonchev–Trinajstić information content (AvgIpc) is 3.33. The number of fused-ring (bicyclic) bond motifs is 1. The first-order valence-corrected chi connectivity index (χ1v) is 10.7. The molecule has 3 aromatic heterocycles. The summed E-state index contributed by atoms with van der Waals surface area (Å²) in [5.41, 5.74) is 0.158. The van der Waals surface area contributed by atoms with Gasteiger partial charge < -0.3 is 14.6 Å². The normalized spacial score (nSPS) is 18.1. The zero-order valence-corrected chi connectivity index (χ0v) is 17.7. The second-order valence-corrected chi connectivity index (χ2v) is 8.65. The molecule has 0 spiro atoms. The highest BCUT2D eigenvalue weighted by molar-refractivity contribution is 5.47. The van der Waals surface area contributed by atoms with Gasteiger partial charge in [-0.25, -0.2) is 22.8 Å². The molecule has 34 heavy (non-hydrogen) atoms. The minimum absolute atomic E-state index is 0.134. The van der Waals surface area contributed by atoms with Crippen molar-refractivity contribution in [1.29, 1.82) is 0 Å². The Balaban J connectivity index is 1.29. The molecule has 1 unspecified atom stereocenters. The third kappa shape index (κ3) is 3.59. The van der Waals surface area contributed by atoms with E-state index < -0.39 is 35.8 Å². The van der Waals surface area contributed by atoms with Crippen LogP contribution in [0.4, 0.5) is 13.2 Å². The van der Waals surface area contributed by atoms with Crippen LogP contribution in [0, 0.1) is 11.6 Å². The van der Waals surface area contributed by atoms with Crippen LogP contribution in [0.5, 0.6) is 5.75 Å². The van der Waals surface area contributed by atoms with Gasteiger partial charge in [0.2, 0.25) is 0 Å². The molecule has 0 bridgehead atoms. The number of aliphatic hydroxyl groups is 1. The van der Waals surface area contributed by atoms with Gasteiger partial charge in [0, 0.05) is 18.1 Å². The van der Waals surface area contributed by atoms with Gasteiger partial charge in [-0.3, -0.25) is 9.38 Å². The van der Waals surface area contributed by atoms with E-state index in [-0.39, 0.29) is 30.5 Å². The summed E-state index contributed by atoms with van der Waals surface area (Å²) in [7, 11) is 0. The zero-order valence-electron chi connectivity index (χ0n) is 17.7. The highest BCUT2D eigenvalue weighted by atomic mass is 19.1. The lowest BCUT2D eigenvalue weighted by atomic mass is 10.1. The summed E-state index contributed by atoms with van der Waals surface area (Å²) < 4.78 is 56.0. The molecule has 0 amide bonds. The van der Waals surface area contributed by atoms with Crippen molar-refractivity contribution in [3.8, 4) is 11.4 Å². The molecule has 1 aromatic carbocycles. The summed E-state index contributed by atoms with van der Waals surface area (Å²) in [6.45, 7) is -0.742. The molecule has 2 aliphatic rings. The molecule has 6 rings (SSSR count). The average molecular weight is 472 g/mol. The van der Waals surface area contributed by atoms with Crippen LogP contribution in [-0.4, -0.2) is 60.0 Å². The molecular formula is C22H19F3N6O3.